The summed E-state index contributed by atoms with van der Waals surface area (Å²) in [6, 6.07) is 3.34. The van der Waals surface area contributed by atoms with Gasteiger partial charge in [0.2, 0.25) is 17.7 Å². The predicted molar refractivity (Wildman–Crippen MR) is 101 cm³/mol. The summed E-state index contributed by atoms with van der Waals surface area (Å²) in [7, 11) is 0. The van der Waals surface area contributed by atoms with E-state index in [2.05, 4.69) is 20.7 Å². The Hall–Kier alpha value is -3.92. The molecule has 1 aromatic carbocycles. The van der Waals surface area contributed by atoms with Gasteiger partial charge in [-0.1, -0.05) is 11.2 Å². The Morgan fingerprint density at radius 3 is 2.70 bits per heavy atom. The second kappa shape index (κ2) is 7.48. The van der Waals surface area contributed by atoms with Gasteiger partial charge in [-0.15, -0.1) is 0 Å². The van der Waals surface area contributed by atoms with Crippen LogP contribution < -0.4 is 10.6 Å². The van der Waals surface area contributed by atoms with E-state index in [1.165, 1.54) is 11.0 Å². The van der Waals surface area contributed by atoms with Crippen molar-refractivity contribution in [2.45, 2.75) is 24.9 Å². The lowest BCUT2D eigenvalue weighted by atomic mass is 10.0. The van der Waals surface area contributed by atoms with Crippen molar-refractivity contribution in [3.05, 3.63) is 39.8 Å². The molecule has 3 heterocycles. The Morgan fingerprint density at radius 1 is 1.23 bits per heavy atom. The molecule has 3 aliphatic rings. The van der Waals surface area contributed by atoms with E-state index in [1.807, 2.05) is 0 Å². The van der Waals surface area contributed by atoms with Crippen molar-refractivity contribution >= 4 is 35.2 Å². The number of azide groups is 1. The van der Waals surface area contributed by atoms with Gasteiger partial charge in [-0.2, -0.15) is 0 Å². The fourth-order valence-corrected chi connectivity index (χ4v) is 3.75. The first-order valence-corrected chi connectivity index (χ1v) is 9.31. The highest BCUT2D eigenvalue weighted by atomic mass is 16.2. The highest BCUT2D eigenvalue weighted by Crippen LogP contribution is 2.32. The number of anilines is 1. The second-order valence-electron chi connectivity index (χ2n) is 7.19. The minimum Gasteiger partial charge on any atom is -0.375 e. The molecule has 154 valence electrons. The van der Waals surface area contributed by atoms with Crippen molar-refractivity contribution in [2.24, 2.45) is 5.11 Å². The second-order valence-corrected chi connectivity index (χ2v) is 7.19. The summed E-state index contributed by atoms with van der Waals surface area (Å²) in [6.07, 6.45) is 0.106. The van der Waals surface area contributed by atoms with Gasteiger partial charge in [-0.25, -0.2) is 0 Å². The average molecular weight is 411 g/mol. The van der Waals surface area contributed by atoms with Crippen LogP contribution in [0, 0.1) is 0 Å². The van der Waals surface area contributed by atoms with Crippen molar-refractivity contribution < 1.29 is 24.0 Å². The summed E-state index contributed by atoms with van der Waals surface area (Å²) in [5.74, 6) is -2.62. The highest BCUT2D eigenvalue weighted by Gasteiger charge is 2.45. The average Bonchev–Trinajstić information content (AvgIpc) is 2.94. The Morgan fingerprint density at radius 2 is 2.00 bits per heavy atom. The fourth-order valence-electron chi connectivity index (χ4n) is 3.75. The number of hydrogen-bond acceptors (Lipinski definition) is 7. The summed E-state index contributed by atoms with van der Waals surface area (Å²) in [6.45, 7) is 0.551. The van der Waals surface area contributed by atoms with Gasteiger partial charge in [0.1, 0.15) is 6.04 Å². The molecule has 5 amide bonds. The zero-order chi connectivity index (χ0) is 21.4. The van der Waals surface area contributed by atoms with Crippen LogP contribution in [0.15, 0.2) is 23.3 Å². The zero-order valence-electron chi connectivity index (χ0n) is 15.7. The molecule has 0 bridgehead atoms. The van der Waals surface area contributed by atoms with Crippen molar-refractivity contribution in [3.8, 4) is 0 Å². The van der Waals surface area contributed by atoms with E-state index in [0.29, 0.717) is 18.8 Å². The van der Waals surface area contributed by atoms with E-state index in [-0.39, 0.29) is 42.5 Å². The molecule has 1 unspecified atom stereocenters. The van der Waals surface area contributed by atoms with Crippen LogP contribution in [0.5, 0.6) is 0 Å². The lowest BCUT2D eigenvalue weighted by Crippen LogP contribution is -2.54. The third-order valence-electron chi connectivity index (χ3n) is 5.33. The minimum absolute atomic E-state index is 0.0378. The van der Waals surface area contributed by atoms with E-state index in [0.717, 1.165) is 4.90 Å². The molecule has 30 heavy (non-hydrogen) atoms. The van der Waals surface area contributed by atoms with Crippen molar-refractivity contribution in [1.82, 2.24) is 15.1 Å². The number of nitrogens with zero attached hydrogens (tertiary/aromatic N) is 5. The Labute approximate surface area is 169 Å². The summed E-state index contributed by atoms with van der Waals surface area (Å²) in [5.41, 5.74) is 8.93. The molecule has 0 aromatic heterocycles. The number of benzene rings is 1. The molecule has 3 aliphatic heterocycles. The molecule has 2 N–H and O–H groups in total. The van der Waals surface area contributed by atoms with Crippen LogP contribution in [0.1, 0.15) is 33.6 Å². The molecule has 0 radical (unpaired) electrons. The number of hydrogen-bond donors (Lipinski definition) is 2. The van der Waals surface area contributed by atoms with Gasteiger partial charge in [0.25, 0.3) is 11.8 Å². The summed E-state index contributed by atoms with van der Waals surface area (Å²) >= 11 is 0. The van der Waals surface area contributed by atoms with Gasteiger partial charge in [0.15, 0.2) is 0 Å². The molecule has 4 rings (SSSR count). The van der Waals surface area contributed by atoms with Gasteiger partial charge in [-0.3, -0.25) is 34.2 Å². The van der Waals surface area contributed by atoms with Crippen molar-refractivity contribution in [2.75, 3.05) is 25.0 Å². The Bertz CT molecular complexity index is 1030. The number of fused-ring (bicyclic) bond motifs is 1. The third kappa shape index (κ3) is 3.22. The molecule has 0 saturated carbocycles. The number of likely N-dealkylation sites (tertiary alicyclic amines) is 1. The van der Waals surface area contributed by atoms with E-state index in [4.69, 9.17) is 5.53 Å². The van der Waals surface area contributed by atoms with Gasteiger partial charge >= 0.3 is 0 Å². The van der Waals surface area contributed by atoms with E-state index < -0.39 is 29.7 Å². The van der Waals surface area contributed by atoms with Crippen LogP contribution >= 0.6 is 0 Å². The first-order valence-electron chi connectivity index (χ1n) is 9.31. The largest absolute Gasteiger partial charge is 0.375 e. The molecule has 1 aromatic rings. The zero-order valence-corrected chi connectivity index (χ0v) is 15.7. The molecular formula is C18H17N7O5. The monoisotopic (exact) mass is 411 g/mol. The number of piperidine rings is 1. The normalized spacial score (nSPS) is 21.0. The summed E-state index contributed by atoms with van der Waals surface area (Å²) in [5, 5.41) is 8.57. The number of nitrogens with one attached hydrogen (secondary N) is 2. The van der Waals surface area contributed by atoms with E-state index in [9.17, 15) is 24.0 Å². The molecule has 0 aliphatic carbocycles. The molecule has 12 heteroatoms. The SMILES string of the molecule is [N-]=[N+]=NC1CN(C(=O)CNc2cccc3c2C(=O)N(C2CCC(=O)NC2=O)C3=O)C1. The van der Waals surface area contributed by atoms with Crippen molar-refractivity contribution in [3.63, 3.8) is 0 Å². The topological polar surface area (TPSA) is 165 Å². The van der Waals surface area contributed by atoms with E-state index in [1.54, 1.807) is 12.1 Å². The van der Waals surface area contributed by atoms with E-state index >= 15 is 0 Å². The lowest BCUT2D eigenvalue weighted by molar-refractivity contribution is -0.136. The number of imide groups is 2. The smallest absolute Gasteiger partial charge is 0.264 e. The number of rotatable bonds is 5. The van der Waals surface area contributed by atoms with Gasteiger partial charge in [0, 0.05) is 30.1 Å². The molecular weight excluding hydrogens is 394 g/mol. The molecule has 2 saturated heterocycles. The molecule has 0 spiro atoms. The number of carbonyl (C=O) groups excluding carboxylic acids is 5. The first-order chi connectivity index (χ1) is 14.4. The van der Waals surface area contributed by atoms with Crippen LogP contribution in [0.4, 0.5) is 5.69 Å². The standard InChI is InChI=1S/C18H17N7O5/c19-23-22-9-7-24(8-9)14(27)6-20-11-3-1-2-10-15(11)18(30)25(17(10)29)12-4-5-13(26)21-16(12)28/h1-3,9,12,20H,4-8H2,(H,21,26,28). The third-order valence-corrected chi connectivity index (χ3v) is 5.33. The fraction of sp³-hybridized carbons (Fsp3) is 0.389. The maximum absolute atomic E-state index is 13.0. The maximum atomic E-state index is 13.0. The van der Waals surface area contributed by atoms with Crippen molar-refractivity contribution in [1.29, 1.82) is 0 Å². The first kappa shape index (κ1) is 19.4. The lowest BCUT2D eigenvalue weighted by Gasteiger charge is -2.36. The quantitative estimate of drug-likeness (QED) is 0.300. The Kier molecular flexibility index (Phi) is 4.84. The van der Waals surface area contributed by atoms with Gasteiger partial charge in [0.05, 0.1) is 23.7 Å². The summed E-state index contributed by atoms with van der Waals surface area (Å²) < 4.78 is 0. The van der Waals surface area contributed by atoms with Crippen LogP contribution in [-0.2, 0) is 14.4 Å². The van der Waals surface area contributed by atoms with Crippen LogP contribution in [0.25, 0.3) is 10.4 Å². The van der Waals surface area contributed by atoms with Crippen LogP contribution in [0.3, 0.4) is 0 Å². The van der Waals surface area contributed by atoms with Crippen LogP contribution in [0.2, 0.25) is 0 Å². The minimum atomic E-state index is -1.05. The maximum Gasteiger partial charge on any atom is 0.264 e. The molecule has 12 nitrogen and oxygen atoms in total. The van der Waals surface area contributed by atoms with Crippen LogP contribution in [-0.4, -0.2) is 71.1 Å². The number of amides is 5. The van der Waals surface area contributed by atoms with Gasteiger partial charge < -0.3 is 10.2 Å². The predicted octanol–water partition coefficient (Wildman–Crippen LogP) is 0.0208. The summed E-state index contributed by atoms with van der Waals surface area (Å²) in [4.78, 5) is 66.6. The Balaban J connectivity index is 1.48. The van der Waals surface area contributed by atoms with Gasteiger partial charge in [-0.05, 0) is 24.1 Å². The highest BCUT2D eigenvalue weighted by molar-refractivity contribution is 6.25. The molecule has 2 fully saturated rings. The number of carbonyl (C=O) groups is 5. The molecule has 1 atom stereocenters.